The zero-order chi connectivity index (χ0) is 22.4. The van der Waals surface area contributed by atoms with Gasteiger partial charge in [-0.2, -0.15) is 5.10 Å². The Bertz CT molecular complexity index is 1340. The van der Waals surface area contributed by atoms with Crippen molar-refractivity contribution in [3.05, 3.63) is 60.4 Å². The summed E-state index contributed by atoms with van der Waals surface area (Å²) >= 11 is 0. The van der Waals surface area contributed by atoms with E-state index in [1.54, 1.807) is 0 Å². The van der Waals surface area contributed by atoms with Crippen LogP contribution in [0, 0.1) is 5.41 Å². The van der Waals surface area contributed by atoms with Gasteiger partial charge in [0.15, 0.2) is 0 Å². The highest BCUT2D eigenvalue weighted by molar-refractivity contribution is 5.85. The van der Waals surface area contributed by atoms with Crippen LogP contribution in [0.15, 0.2) is 54.7 Å². The van der Waals surface area contributed by atoms with Gasteiger partial charge in [-0.1, -0.05) is 30.3 Å². The Morgan fingerprint density at radius 3 is 2.45 bits per heavy atom. The molecule has 0 bridgehead atoms. The molecular weight excluding hydrogens is 412 g/mol. The summed E-state index contributed by atoms with van der Waals surface area (Å²) in [4.78, 5) is 27.5. The van der Waals surface area contributed by atoms with Gasteiger partial charge in [0, 0.05) is 32.1 Å². The number of fused-ring (bicyclic) bond motifs is 2. The van der Waals surface area contributed by atoms with E-state index in [2.05, 4.69) is 25.9 Å². The first-order valence-electron chi connectivity index (χ1n) is 11.8. The quantitative estimate of drug-likeness (QED) is 0.483. The van der Waals surface area contributed by atoms with Crippen LogP contribution in [-0.4, -0.2) is 50.2 Å². The van der Waals surface area contributed by atoms with Crippen LogP contribution in [0.5, 0.6) is 0 Å². The first-order valence-corrected chi connectivity index (χ1v) is 11.8. The van der Waals surface area contributed by atoms with Gasteiger partial charge in [0.2, 0.25) is 5.91 Å². The summed E-state index contributed by atoms with van der Waals surface area (Å²) in [5, 5.41) is 5.77. The number of amides is 1. The summed E-state index contributed by atoms with van der Waals surface area (Å²) in [5.41, 5.74) is 3.67. The molecule has 7 heteroatoms. The van der Waals surface area contributed by atoms with Crippen LogP contribution in [0.3, 0.4) is 0 Å². The lowest BCUT2D eigenvalue weighted by atomic mass is 9.71. The second kappa shape index (κ2) is 7.83. The zero-order valence-electron chi connectivity index (χ0n) is 18.9. The Labute approximate surface area is 193 Å². The predicted molar refractivity (Wildman–Crippen MR) is 129 cm³/mol. The number of piperidine rings is 2. The minimum absolute atomic E-state index is 0.257. The summed E-state index contributed by atoms with van der Waals surface area (Å²) < 4.78 is 1.93. The molecular formula is C26H28N6O. The molecule has 4 heterocycles. The fraction of sp³-hybridized carbons (Fsp3) is 0.385. The highest BCUT2D eigenvalue weighted by Crippen LogP contribution is 2.42. The number of carbonyl (C=O) groups excluding carboxylic acids is 1. The molecule has 168 valence electrons. The number of hydrogen-bond donors (Lipinski definition) is 0. The number of aromatic nitrogens is 4. The van der Waals surface area contributed by atoms with E-state index in [0.29, 0.717) is 12.5 Å². The number of rotatable bonds is 3. The van der Waals surface area contributed by atoms with E-state index in [1.165, 1.54) is 0 Å². The van der Waals surface area contributed by atoms with Gasteiger partial charge in [0.05, 0.1) is 40.4 Å². The van der Waals surface area contributed by atoms with E-state index in [4.69, 9.17) is 4.98 Å². The molecule has 7 nitrogen and oxygen atoms in total. The Kier molecular flexibility index (Phi) is 4.78. The number of likely N-dealkylation sites (tertiary alicyclic amines) is 1. The van der Waals surface area contributed by atoms with Crippen molar-refractivity contribution in [3.8, 4) is 0 Å². The fourth-order valence-electron chi connectivity index (χ4n) is 5.60. The van der Waals surface area contributed by atoms with Crippen LogP contribution in [0.4, 0.5) is 5.82 Å². The molecule has 2 saturated heterocycles. The number of nitrogens with zero attached hydrogens (tertiary/aromatic N) is 6. The number of aryl methyl sites for hydroxylation is 1. The second-order valence-electron chi connectivity index (χ2n) is 9.40. The van der Waals surface area contributed by atoms with Gasteiger partial charge in [-0.15, -0.1) is 0 Å². The van der Waals surface area contributed by atoms with Gasteiger partial charge < -0.3 is 9.80 Å². The molecule has 2 aliphatic rings. The summed E-state index contributed by atoms with van der Waals surface area (Å²) in [5.74, 6) is 1.22. The van der Waals surface area contributed by atoms with Gasteiger partial charge in [-0.25, -0.2) is 4.98 Å². The molecule has 1 spiro atoms. The average molecular weight is 441 g/mol. The fourth-order valence-corrected chi connectivity index (χ4v) is 5.60. The summed E-state index contributed by atoms with van der Waals surface area (Å²) in [6.07, 6.45) is 5.62. The molecule has 2 aromatic heterocycles. The third kappa shape index (κ3) is 3.43. The van der Waals surface area contributed by atoms with E-state index >= 15 is 0 Å². The van der Waals surface area contributed by atoms with Crippen molar-refractivity contribution in [1.82, 2.24) is 24.6 Å². The lowest BCUT2D eigenvalue weighted by Crippen LogP contribution is -2.53. The Balaban J connectivity index is 1.20. The van der Waals surface area contributed by atoms with Crippen LogP contribution in [0.2, 0.25) is 0 Å². The molecule has 2 fully saturated rings. The monoisotopic (exact) mass is 440 g/mol. The number of carbonyl (C=O) groups is 1. The van der Waals surface area contributed by atoms with Gasteiger partial charge in [0.25, 0.3) is 0 Å². The van der Waals surface area contributed by atoms with Crippen molar-refractivity contribution in [2.75, 3.05) is 24.5 Å². The normalized spacial score (nSPS) is 18.5. The van der Waals surface area contributed by atoms with Crippen molar-refractivity contribution < 1.29 is 4.79 Å². The van der Waals surface area contributed by atoms with Gasteiger partial charge in [-0.3, -0.25) is 14.5 Å². The van der Waals surface area contributed by atoms with Gasteiger partial charge in [-0.05, 0) is 43.9 Å². The van der Waals surface area contributed by atoms with Crippen LogP contribution in [-0.2, 0) is 18.4 Å². The van der Waals surface area contributed by atoms with E-state index in [-0.39, 0.29) is 5.41 Å². The molecule has 0 atom stereocenters. The molecule has 0 aliphatic carbocycles. The van der Waals surface area contributed by atoms with E-state index < -0.39 is 0 Å². The minimum atomic E-state index is -0.257. The topological polar surface area (TPSA) is 67.2 Å². The minimum Gasteiger partial charge on any atom is -0.355 e. The molecule has 2 aromatic carbocycles. The van der Waals surface area contributed by atoms with Crippen molar-refractivity contribution in [2.24, 2.45) is 12.5 Å². The van der Waals surface area contributed by atoms with Crippen LogP contribution in [0.25, 0.3) is 21.9 Å². The summed E-state index contributed by atoms with van der Waals surface area (Å²) in [6, 6.07) is 16.1. The SMILES string of the molecule is Cn1nc2ccccc2c1CN1CCCC2(CCN(c3cnc4ccccc4n3)CC2)C1=O. The maximum atomic E-state index is 13.7. The molecule has 0 radical (unpaired) electrons. The van der Waals surface area contributed by atoms with E-state index in [1.807, 2.05) is 60.4 Å². The predicted octanol–water partition coefficient (Wildman–Crippen LogP) is 3.93. The van der Waals surface area contributed by atoms with Gasteiger partial charge in [0.1, 0.15) is 5.82 Å². The zero-order valence-corrected chi connectivity index (χ0v) is 18.9. The first-order chi connectivity index (χ1) is 16.1. The standard InChI is InChI=1S/C26H28N6O/c1-30-23(19-7-2-3-8-20(19)29-30)18-32-14-6-11-26(25(32)33)12-15-31(16-13-26)24-17-27-21-9-4-5-10-22(21)28-24/h2-5,7-10,17H,6,11-16,18H2,1H3. The van der Waals surface area contributed by atoms with E-state index in [0.717, 1.165) is 78.8 Å². The number of anilines is 1. The molecule has 6 rings (SSSR count). The van der Waals surface area contributed by atoms with Crippen LogP contribution < -0.4 is 4.90 Å². The Hall–Kier alpha value is -3.48. The van der Waals surface area contributed by atoms with Crippen LogP contribution in [0.1, 0.15) is 31.4 Å². The third-order valence-electron chi connectivity index (χ3n) is 7.51. The van der Waals surface area contributed by atoms with E-state index in [9.17, 15) is 4.79 Å². The summed E-state index contributed by atoms with van der Waals surface area (Å²) in [6.45, 7) is 3.11. The Morgan fingerprint density at radius 1 is 0.909 bits per heavy atom. The largest absolute Gasteiger partial charge is 0.355 e. The number of hydrogen-bond acceptors (Lipinski definition) is 5. The average Bonchev–Trinajstić information content (AvgIpc) is 3.17. The summed E-state index contributed by atoms with van der Waals surface area (Å²) in [7, 11) is 1.97. The van der Waals surface area contributed by atoms with Crippen LogP contribution >= 0.6 is 0 Å². The van der Waals surface area contributed by atoms with Crippen molar-refractivity contribution >= 4 is 33.7 Å². The lowest BCUT2D eigenvalue weighted by Gasteiger charge is -2.46. The second-order valence-corrected chi connectivity index (χ2v) is 9.40. The van der Waals surface area contributed by atoms with Crippen molar-refractivity contribution in [3.63, 3.8) is 0 Å². The maximum absolute atomic E-state index is 13.7. The molecule has 33 heavy (non-hydrogen) atoms. The Morgan fingerprint density at radius 2 is 1.64 bits per heavy atom. The molecule has 1 amide bonds. The maximum Gasteiger partial charge on any atom is 0.229 e. The molecule has 0 unspecified atom stereocenters. The first kappa shape index (κ1) is 20.1. The lowest BCUT2D eigenvalue weighted by molar-refractivity contribution is -0.148. The highest BCUT2D eigenvalue weighted by Gasteiger charge is 2.46. The third-order valence-corrected chi connectivity index (χ3v) is 7.51. The molecule has 4 aromatic rings. The van der Waals surface area contributed by atoms with Crippen molar-refractivity contribution in [2.45, 2.75) is 32.2 Å². The molecule has 0 saturated carbocycles. The highest BCUT2D eigenvalue weighted by atomic mass is 16.2. The number of benzene rings is 2. The smallest absolute Gasteiger partial charge is 0.229 e. The van der Waals surface area contributed by atoms with Crippen molar-refractivity contribution in [1.29, 1.82) is 0 Å². The molecule has 0 N–H and O–H groups in total. The number of para-hydroxylation sites is 2. The molecule has 2 aliphatic heterocycles. The van der Waals surface area contributed by atoms with Gasteiger partial charge >= 0.3 is 0 Å².